The maximum absolute atomic E-state index is 12.4. The molecule has 6 nitrogen and oxygen atoms in total. The highest BCUT2D eigenvalue weighted by molar-refractivity contribution is 7.92. The van der Waals surface area contributed by atoms with Gasteiger partial charge in [-0.05, 0) is 55.7 Å². The van der Waals surface area contributed by atoms with Gasteiger partial charge < -0.3 is 15.2 Å². The van der Waals surface area contributed by atoms with Crippen LogP contribution in [0, 0.1) is 5.92 Å². The molecule has 24 heavy (non-hydrogen) atoms. The average molecular weight is 353 g/mol. The van der Waals surface area contributed by atoms with E-state index >= 15 is 0 Å². The van der Waals surface area contributed by atoms with Gasteiger partial charge in [0.15, 0.2) is 21.3 Å². The molecule has 3 rings (SSSR count). The van der Waals surface area contributed by atoms with Crippen LogP contribution in [0.25, 0.3) is 0 Å². The highest BCUT2D eigenvalue weighted by Crippen LogP contribution is 2.42. The molecule has 1 amide bonds. The van der Waals surface area contributed by atoms with Crippen molar-refractivity contribution in [2.45, 2.75) is 36.9 Å². The van der Waals surface area contributed by atoms with Gasteiger partial charge >= 0.3 is 0 Å². The second-order valence-electron chi connectivity index (χ2n) is 6.97. The number of hydrogen-bond acceptors (Lipinski definition) is 5. The zero-order valence-corrected chi connectivity index (χ0v) is 14.8. The van der Waals surface area contributed by atoms with Crippen LogP contribution in [0.4, 0.5) is 0 Å². The fourth-order valence-electron chi connectivity index (χ4n) is 2.90. The van der Waals surface area contributed by atoms with Gasteiger partial charge in [0.25, 0.3) is 5.91 Å². The first-order valence-electron chi connectivity index (χ1n) is 8.13. The number of ether oxygens (including phenoxy) is 1. The molecule has 2 saturated carbocycles. The number of amides is 1. The number of hydrogen-bond donors (Lipinski definition) is 2. The summed E-state index contributed by atoms with van der Waals surface area (Å²) in [6.45, 7) is 0.117. The number of phenols is 1. The molecule has 0 aliphatic heterocycles. The number of aromatic hydroxyl groups is 1. The van der Waals surface area contributed by atoms with Crippen LogP contribution in [-0.2, 0) is 16.3 Å². The van der Waals surface area contributed by atoms with Crippen LogP contribution >= 0.6 is 0 Å². The molecule has 0 bridgehead atoms. The topological polar surface area (TPSA) is 92.7 Å². The van der Waals surface area contributed by atoms with Gasteiger partial charge in [-0.2, -0.15) is 0 Å². The van der Waals surface area contributed by atoms with Crippen LogP contribution < -0.4 is 10.1 Å². The van der Waals surface area contributed by atoms with Crippen molar-refractivity contribution in [1.29, 1.82) is 0 Å². The molecule has 1 aromatic rings. The SMILES string of the molecule is COc1cc(C(=O)NCC2(S(C)(=O)=O)CC2)cc(CC2CC2)c1O. The Labute approximate surface area is 142 Å². The molecule has 2 fully saturated rings. The van der Waals surface area contributed by atoms with Crippen molar-refractivity contribution in [3.05, 3.63) is 23.3 Å². The number of methoxy groups -OCH3 is 1. The van der Waals surface area contributed by atoms with Gasteiger partial charge in [-0.1, -0.05) is 0 Å². The van der Waals surface area contributed by atoms with Crippen molar-refractivity contribution in [3.63, 3.8) is 0 Å². The number of benzene rings is 1. The van der Waals surface area contributed by atoms with Gasteiger partial charge in [-0.3, -0.25) is 4.79 Å². The van der Waals surface area contributed by atoms with Crippen molar-refractivity contribution in [2.75, 3.05) is 19.9 Å². The Balaban J connectivity index is 1.76. The highest BCUT2D eigenvalue weighted by atomic mass is 32.2. The van der Waals surface area contributed by atoms with Crippen molar-refractivity contribution < 1.29 is 23.1 Å². The minimum Gasteiger partial charge on any atom is -0.504 e. The van der Waals surface area contributed by atoms with E-state index < -0.39 is 14.6 Å². The van der Waals surface area contributed by atoms with Crippen molar-refractivity contribution in [1.82, 2.24) is 5.32 Å². The van der Waals surface area contributed by atoms with E-state index in [0.717, 1.165) is 19.3 Å². The van der Waals surface area contributed by atoms with Gasteiger partial charge in [0.05, 0.1) is 11.9 Å². The fraction of sp³-hybridized carbons (Fsp3) is 0.588. The monoisotopic (exact) mass is 353 g/mol. The molecule has 0 spiro atoms. The molecule has 0 atom stereocenters. The van der Waals surface area contributed by atoms with Gasteiger partial charge in [-0.25, -0.2) is 8.42 Å². The lowest BCUT2D eigenvalue weighted by atomic mass is 10.0. The Morgan fingerprint density at radius 3 is 2.54 bits per heavy atom. The van der Waals surface area contributed by atoms with Crippen LogP contribution in [0.3, 0.4) is 0 Å². The zero-order valence-electron chi connectivity index (χ0n) is 14.0. The number of carbonyl (C=O) groups is 1. The van der Waals surface area contributed by atoms with E-state index in [2.05, 4.69) is 5.32 Å². The highest BCUT2D eigenvalue weighted by Gasteiger charge is 2.52. The Morgan fingerprint density at radius 1 is 1.38 bits per heavy atom. The fourth-order valence-corrected chi connectivity index (χ4v) is 4.08. The third-order valence-corrected chi connectivity index (χ3v) is 7.13. The number of phenolic OH excluding ortho intramolecular Hbond substituents is 1. The zero-order chi connectivity index (χ0) is 17.5. The third-order valence-electron chi connectivity index (χ3n) is 5.01. The first kappa shape index (κ1) is 17.1. The number of rotatable bonds is 7. The quantitative estimate of drug-likeness (QED) is 0.778. The predicted octanol–water partition coefficient (Wildman–Crippen LogP) is 1.66. The predicted molar refractivity (Wildman–Crippen MR) is 90.2 cm³/mol. The van der Waals surface area contributed by atoms with Crippen LogP contribution in [0.5, 0.6) is 11.5 Å². The first-order valence-corrected chi connectivity index (χ1v) is 10.0. The second kappa shape index (κ2) is 5.95. The number of carbonyl (C=O) groups excluding carboxylic acids is 1. The van der Waals surface area contributed by atoms with Crippen molar-refractivity contribution >= 4 is 15.7 Å². The van der Waals surface area contributed by atoms with E-state index in [9.17, 15) is 18.3 Å². The minimum atomic E-state index is -3.18. The summed E-state index contributed by atoms with van der Waals surface area (Å²) in [5.74, 6) is 0.553. The summed E-state index contributed by atoms with van der Waals surface area (Å²) in [5, 5.41) is 12.9. The van der Waals surface area contributed by atoms with Crippen LogP contribution in [0.15, 0.2) is 12.1 Å². The number of sulfone groups is 1. The van der Waals surface area contributed by atoms with Gasteiger partial charge in [-0.15, -0.1) is 0 Å². The van der Waals surface area contributed by atoms with Crippen molar-refractivity contribution in [3.8, 4) is 11.5 Å². The molecule has 7 heteroatoms. The molecule has 2 N–H and O–H groups in total. The summed E-state index contributed by atoms with van der Waals surface area (Å²) in [5.41, 5.74) is 1.08. The van der Waals surface area contributed by atoms with Crippen LogP contribution in [-0.4, -0.2) is 44.1 Å². The molecule has 2 aliphatic carbocycles. The first-order chi connectivity index (χ1) is 11.3. The van der Waals surface area contributed by atoms with E-state index in [0.29, 0.717) is 29.9 Å². The minimum absolute atomic E-state index is 0.0794. The third kappa shape index (κ3) is 3.36. The van der Waals surface area contributed by atoms with E-state index in [-0.39, 0.29) is 24.0 Å². The molecular formula is C17H23NO5S. The molecule has 0 unspecified atom stereocenters. The lowest BCUT2D eigenvalue weighted by Crippen LogP contribution is -2.38. The van der Waals surface area contributed by atoms with E-state index in [1.54, 1.807) is 6.07 Å². The normalized spacial score (nSPS) is 18.9. The summed E-state index contributed by atoms with van der Waals surface area (Å²) in [4.78, 5) is 12.4. The lowest BCUT2D eigenvalue weighted by Gasteiger charge is -2.15. The Bertz CT molecular complexity index is 763. The summed E-state index contributed by atoms with van der Waals surface area (Å²) in [6.07, 6.45) is 5.36. The molecule has 132 valence electrons. The maximum atomic E-state index is 12.4. The largest absolute Gasteiger partial charge is 0.504 e. The molecule has 0 saturated heterocycles. The average Bonchev–Trinajstić information content (AvgIpc) is 3.41. The molecule has 2 aliphatic rings. The molecular weight excluding hydrogens is 330 g/mol. The second-order valence-corrected chi connectivity index (χ2v) is 9.38. The van der Waals surface area contributed by atoms with E-state index in [4.69, 9.17) is 4.74 Å². The van der Waals surface area contributed by atoms with Crippen molar-refractivity contribution in [2.24, 2.45) is 5.92 Å². The molecule has 1 aromatic carbocycles. The van der Waals surface area contributed by atoms with Crippen LogP contribution in [0.2, 0.25) is 0 Å². The lowest BCUT2D eigenvalue weighted by molar-refractivity contribution is 0.0952. The van der Waals surface area contributed by atoms with Crippen LogP contribution in [0.1, 0.15) is 41.6 Å². The Morgan fingerprint density at radius 2 is 2.04 bits per heavy atom. The van der Waals surface area contributed by atoms with E-state index in [1.807, 2.05) is 0 Å². The van der Waals surface area contributed by atoms with E-state index in [1.165, 1.54) is 19.4 Å². The van der Waals surface area contributed by atoms with Gasteiger partial charge in [0, 0.05) is 18.4 Å². The Hall–Kier alpha value is -1.76. The van der Waals surface area contributed by atoms with Gasteiger partial charge in [0.2, 0.25) is 0 Å². The summed E-state index contributed by atoms with van der Waals surface area (Å²) in [6, 6.07) is 3.16. The molecule has 0 radical (unpaired) electrons. The Kier molecular flexibility index (Phi) is 4.23. The van der Waals surface area contributed by atoms with Gasteiger partial charge in [0.1, 0.15) is 0 Å². The number of nitrogens with one attached hydrogen (secondary N) is 1. The standard InChI is InChI=1S/C17H23NO5S/c1-23-14-9-13(8-12(15(14)19)7-11-3-4-11)16(20)18-10-17(5-6-17)24(2,21)22/h8-9,11,19H,3-7,10H2,1-2H3,(H,18,20). The molecule has 0 aromatic heterocycles. The summed E-state index contributed by atoms with van der Waals surface area (Å²) in [7, 11) is -1.74. The smallest absolute Gasteiger partial charge is 0.251 e. The maximum Gasteiger partial charge on any atom is 0.251 e. The summed E-state index contributed by atoms with van der Waals surface area (Å²) < 4.78 is 27.9. The molecule has 0 heterocycles. The summed E-state index contributed by atoms with van der Waals surface area (Å²) >= 11 is 0.